The van der Waals surface area contributed by atoms with Gasteiger partial charge in [0.25, 0.3) is 0 Å². The number of aliphatic carboxylic acids is 1. The molecular weight excluding hydrogens is 515 g/mol. The highest BCUT2D eigenvalue weighted by molar-refractivity contribution is 5.79. The molecule has 0 spiro atoms. The predicted octanol–water partition coefficient (Wildman–Crippen LogP) is 3.78. The number of alkyl halides is 3. The zero-order chi connectivity index (χ0) is 28.6. The van der Waals surface area contributed by atoms with Gasteiger partial charge in [-0.1, -0.05) is 20.3 Å². The molecular formula is C26H38F3N7O3. The molecule has 2 heterocycles. The Labute approximate surface area is 226 Å². The number of nitrogens with one attached hydrogen (secondary N) is 2. The molecule has 3 N–H and O–H groups in total. The number of carbonyl (C=O) groups excluding carboxylic acids is 1. The Bertz CT molecular complexity index is 1100. The molecule has 1 saturated carbocycles. The Hall–Kier alpha value is -3.38. The van der Waals surface area contributed by atoms with Gasteiger partial charge < -0.3 is 25.2 Å². The lowest BCUT2D eigenvalue weighted by molar-refractivity contribution is -0.192. The largest absolute Gasteiger partial charge is 0.490 e. The highest BCUT2D eigenvalue weighted by atomic mass is 19.4. The van der Waals surface area contributed by atoms with E-state index in [1.807, 2.05) is 18.7 Å². The maximum atomic E-state index is 12.1. The molecule has 2 aromatic rings. The summed E-state index contributed by atoms with van der Waals surface area (Å²) in [5.74, 6) is -0.655. The van der Waals surface area contributed by atoms with Crippen molar-refractivity contribution in [3.63, 3.8) is 0 Å². The first-order valence-electron chi connectivity index (χ1n) is 13.3. The van der Waals surface area contributed by atoms with Crippen LogP contribution in [0.3, 0.4) is 0 Å². The van der Waals surface area contributed by atoms with E-state index in [0.717, 1.165) is 56.7 Å². The van der Waals surface area contributed by atoms with Crippen LogP contribution in [0.2, 0.25) is 0 Å². The molecule has 216 valence electrons. The molecule has 0 saturated heterocycles. The fourth-order valence-corrected chi connectivity index (χ4v) is 4.67. The van der Waals surface area contributed by atoms with E-state index in [0.29, 0.717) is 19.0 Å². The maximum absolute atomic E-state index is 12.1. The van der Waals surface area contributed by atoms with Gasteiger partial charge in [-0.05, 0) is 38.5 Å². The normalized spacial score (nSPS) is 16.3. The van der Waals surface area contributed by atoms with Crippen LogP contribution in [0.25, 0.3) is 0 Å². The molecule has 1 fully saturated rings. The van der Waals surface area contributed by atoms with E-state index in [9.17, 15) is 18.0 Å². The number of fused-ring (bicyclic) bond motifs is 1. The molecule has 2 aromatic heterocycles. The number of carboxylic acids is 1. The van der Waals surface area contributed by atoms with Crippen LogP contribution in [-0.2, 0) is 28.0 Å². The SMILES string of the molecule is CN(CCCn1ccnc1)c1nc(NCCNC(=O)C2CCC2)nc2c1CCCC2(C)C.O=C(O)C(F)(F)F. The number of nitrogens with zero attached hydrogens (tertiary/aromatic N) is 5. The molecule has 39 heavy (non-hydrogen) atoms. The Morgan fingerprint density at radius 2 is 1.92 bits per heavy atom. The number of carbonyl (C=O) groups is 2. The van der Waals surface area contributed by atoms with Crippen LogP contribution >= 0.6 is 0 Å². The second kappa shape index (κ2) is 13.1. The summed E-state index contributed by atoms with van der Waals surface area (Å²) in [6.45, 7) is 7.64. The molecule has 10 nitrogen and oxygen atoms in total. The van der Waals surface area contributed by atoms with Crippen molar-refractivity contribution in [1.29, 1.82) is 0 Å². The van der Waals surface area contributed by atoms with Gasteiger partial charge in [0.1, 0.15) is 5.82 Å². The van der Waals surface area contributed by atoms with Gasteiger partial charge in [0.2, 0.25) is 11.9 Å². The summed E-state index contributed by atoms with van der Waals surface area (Å²) in [5, 5.41) is 13.5. The first-order chi connectivity index (χ1) is 18.4. The topological polar surface area (TPSA) is 125 Å². The zero-order valence-electron chi connectivity index (χ0n) is 22.7. The van der Waals surface area contributed by atoms with Gasteiger partial charge in [0.05, 0.1) is 12.0 Å². The lowest BCUT2D eigenvalue weighted by Crippen LogP contribution is -2.37. The summed E-state index contributed by atoms with van der Waals surface area (Å²) < 4.78 is 33.8. The van der Waals surface area contributed by atoms with Crippen LogP contribution in [0.1, 0.15) is 63.6 Å². The fraction of sp³-hybridized carbons (Fsp3) is 0.654. The minimum absolute atomic E-state index is 0.0395. The number of hydrogen-bond donors (Lipinski definition) is 3. The van der Waals surface area contributed by atoms with Crippen LogP contribution < -0.4 is 15.5 Å². The molecule has 0 aromatic carbocycles. The third-order valence-electron chi connectivity index (χ3n) is 7.11. The third-order valence-corrected chi connectivity index (χ3v) is 7.11. The lowest BCUT2D eigenvalue weighted by atomic mass is 9.76. The Balaban J connectivity index is 0.000000532. The zero-order valence-corrected chi connectivity index (χ0v) is 22.7. The van der Waals surface area contributed by atoms with Gasteiger partial charge in [-0.25, -0.2) is 14.8 Å². The van der Waals surface area contributed by atoms with Crippen molar-refractivity contribution < 1.29 is 27.9 Å². The fourth-order valence-electron chi connectivity index (χ4n) is 4.67. The van der Waals surface area contributed by atoms with Crippen LogP contribution in [0.4, 0.5) is 24.9 Å². The molecule has 0 radical (unpaired) electrons. The van der Waals surface area contributed by atoms with Gasteiger partial charge in [-0.3, -0.25) is 4.79 Å². The second-order valence-electron chi connectivity index (χ2n) is 10.7. The van der Waals surface area contributed by atoms with Crippen LogP contribution in [0.15, 0.2) is 18.7 Å². The maximum Gasteiger partial charge on any atom is 0.490 e. The van der Waals surface area contributed by atoms with Gasteiger partial charge in [-0.2, -0.15) is 18.2 Å². The van der Waals surface area contributed by atoms with Crippen LogP contribution in [0.5, 0.6) is 0 Å². The standard InChI is InChI=1S/C24H37N7O.C2HF3O2/c1-24(2)10-5-9-19-20(24)28-23(27-12-11-26-22(32)18-7-4-8-18)29-21(19)30(3)14-6-15-31-16-13-25-17-31;3-2(4,5)1(6)7/h13,16-18H,4-12,14-15H2,1-3H3,(H,26,32)(H,27,28,29);(H,6,7). The van der Waals surface area contributed by atoms with Crippen molar-refractivity contribution in [3.8, 4) is 0 Å². The van der Waals surface area contributed by atoms with Crippen molar-refractivity contribution in [2.24, 2.45) is 5.92 Å². The third kappa shape index (κ3) is 8.56. The highest BCUT2D eigenvalue weighted by Crippen LogP contribution is 2.39. The Kier molecular flexibility index (Phi) is 10.1. The summed E-state index contributed by atoms with van der Waals surface area (Å²) in [4.78, 5) is 37.2. The van der Waals surface area contributed by atoms with Crippen LogP contribution in [-0.4, -0.2) is 69.4 Å². The monoisotopic (exact) mass is 553 g/mol. The lowest BCUT2D eigenvalue weighted by Gasteiger charge is -2.34. The van der Waals surface area contributed by atoms with E-state index < -0.39 is 12.1 Å². The van der Waals surface area contributed by atoms with Crippen molar-refractivity contribution >= 4 is 23.6 Å². The van der Waals surface area contributed by atoms with Gasteiger partial charge >= 0.3 is 12.1 Å². The summed E-state index contributed by atoms with van der Waals surface area (Å²) >= 11 is 0. The first kappa shape index (κ1) is 30.2. The molecule has 13 heteroatoms. The Morgan fingerprint density at radius 1 is 1.21 bits per heavy atom. The molecule has 0 atom stereocenters. The van der Waals surface area contributed by atoms with E-state index in [-0.39, 0.29) is 17.2 Å². The molecule has 2 aliphatic carbocycles. The summed E-state index contributed by atoms with van der Waals surface area (Å²) in [6, 6.07) is 0. The predicted molar refractivity (Wildman–Crippen MR) is 141 cm³/mol. The molecule has 4 rings (SSSR count). The summed E-state index contributed by atoms with van der Waals surface area (Å²) in [5.41, 5.74) is 2.49. The Morgan fingerprint density at radius 3 is 2.51 bits per heavy atom. The van der Waals surface area contributed by atoms with E-state index in [2.05, 4.69) is 46.0 Å². The van der Waals surface area contributed by atoms with E-state index in [1.165, 1.54) is 18.4 Å². The summed E-state index contributed by atoms with van der Waals surface area (Å²) in [7, 11) is 2.13. The quantitative estimate of drug-likeness (QED) is 0.380. The van der Waals surface area contributed by atoms with E-state index >= 15 is 0 Å². The second-order valence-corrected chi connectivity index (χ2v) is 10.7. The molecule has 0 aliphatic heterocycles. The van der Waals surface area contributed by atoms with Gasteiger partial charge in [0.15, 0.2) is 0 Å². The summed E-state index contributed by atoms with van der Waals surface area (Å²) in [6.07, 6.45) is 8.17. The molecule has 2 aliphatic rings. The van der Waals surface area contributed by atoms with E-state index in [4.69, 9.17) is 19.9 Å². The van der Waals surface area contributed by atoms with Crippen molar-refractivity contribution in [1.82, 2.24) is 24.8 Å². The molecule has 1 amide bonds. The smallest absolute Gasteiger partial charge is 0.475 e. The minimum atomic E-state index is -5.08. The van der Waals surface area contributed by atoms with Crippen molar-refractivity contribution in [2.75, 3.05) is 36.9 Å². The van der Waals surface area contributed by atoms with Gasteiger partial charge in [0, 0.05) is 62.5 Å². The van der Waals surface area contributed by atoms with Crippen molar-refractivity contribution in [2.45, 2.75) is 76.9 Å². The number of halogens is 3. The molecule has 0 unspecified atom stereocenters. The average molecular weight is 554 g/mol. The number of aromatic nitrogens is 4. The van der Waals surface area contributed by atoms with Gasteiger partial charge in [-0.15, -0.1) is 0 Å². The number of rotatable bonds is 10. The number of anilines is 2. The van der Waals surface area contributed by atoms with E-state index in [1.54, 1.807) is 0 Å². The number of amides is 1. The number of imidazole rings is 1. The first-order valence-corrected chi connectivity index (χ1v) is 13.3. The van der Waals surface area contributed by atoms with Crippen molar-refractivity contribution in [3.05, 3.63) is 30.0 Å². The van der Waals surface area contributed by atoms with Crippen LogP contribution in [0, 0.1) is 5.92 Å². The number of carboxylic acid groups (broad SMARTS) is 1. The number of hydrogen-bond acceptors (Lipinski definition) is 7. The average Bonchev–Trinajstić information content (AvgIpc) is 3.34. The number of aryl methyl sites for hydroxylation is 1. The highest BCUT2D eigenvalue weighted by Gasteiger charge is 2.38. The molecule has 0 bridgehead atoms. The minimum Gasteiger partial charge on any atom is -0.475 e.